The summed E-state index contributed by atoms with van der Waals surface area (Å²) in [6.07, 6.45) is 3.04. The van der Waals surface area contributed by atoms with Gasteiger partial charge in [0.25, 0.3) is 5.91 Å². The van der Waals surface area contributed by atoms with Gasteiger partial charge in [0.15, 0.2) is 6.10 Å². The maximum absolute atomic E-state index is 12.5. The molecule has 1 aromatic carbocycles. The van der Waals surface area contributed by atoms with Gasteiger partial charge in [-0.1, -0.05) is 24.5 Å². The molecule has 2 N–H and O–H groups in total. The third kappa shape index (κ3) is 5.02. The third-order valence-electron chi connectivity index (χ3n) is 4.21. The Morgan fingerprint density at radius 2 is 1.76 bits per heavy atom. The van der Waals surface area contributed by atoms with Gasteiger partial charge in [0.1, 0.15) is 0 Å². The van der Waals surface area contributed by atoms with E-state index in [0.29, 0.717) is 18.7 Å². The highest BCUT2D eigenvalue weighted by molar-refractivity contribution is 7.89. The van der Waals surface area contributed by atoms with Gasteiger partial charge in [-0.15, -0.1) is 0 Å². The molecule has 1 saturated heterocycles. The second-order valence-electron chi connectivity index (χ2n) is 6.33. The summed E-state index contributed by atoms with van der Waals surface area (Å²) >= 11 is 0. The lowest BCUT2D eigenvalue weighted by Crippen LogP contribution is -2.40. The van der Waals surface area contributed by atoms with Crippen LogP contribution < -0.4 is 5.14 Å². The number of primary sulfonamides is 1. The first-order chi connectivity index (χ1) is 11.7. The highest BCUT2D eigenvalue weighted by atomic mass is 32.2. The molecule has 0 saturated carbocycles. The van der Waals surface area contributed by atoms with Crippen LogP contribution in [-0.2, 0) is 19.6 Å². The zero-order valence-corrected chi connectivity index (χ0v) is 15.3. The Morgan fingerprint density at radius 1 is 1.16 bits per heavy atom. The molecule has 1 atom stereocenters. The van der Waals surface area contributed by atoms with E-state index in [4.69, 9.17) is 9.88 Å². The molecular formula is C17H24N2O5S. The summed E-state index contributed by atoms with van der Waals surface area (Å²) in [5, 5.41) is 5.16. The van der Waals surface area contributed by atoms with Gasteiger partial charge in [-0.25, -0.2) is 18.4 Å². The van der Waals surface area contributed by atoms with Crippen molar-refractivity contribution in [2.24, 2.45) is 5.14 Å². The van der Waals surface area contributed by atoms with Gasteiger partial charge in [-0.05, 0) is 38.8 Å². The SMILES string of the molecule is Cc1ccc(S(N)(=O)=O)c(C(=O)O[C@H](C)C(=O)N2CCCCCC2)c1. The molecule has 7 nitrogen and oxygen atoms in total. The second kappa shape index (κ2) is 7.97. The number of benzene rings is 1. The minimum Gasteiger partial charge on any atom is -0.449 e. The van der Waals surface area contributed by atoms with E-state index in [1.807, 2.05) is 0 Å². The largest absolute Gasteiger partial charge is 0.449 e. The van der Waals surface area contributed by atoms with Gasteiger partial charge in [-0.3, -0.25) is 4.79 Å². The molecule has 138 valence electrons. The fraction of sp³-hybridized carbons (Fsp3) is 0.529. The van der Waals surface area contributed by atoms with Crippen LogP contribution in [0.2, 0.25) is 0 Å². The predicted octanol–water partition coefficient (Wildman–Crippen LogP) is 1.59. The molecule has 0 bridgehead atoms. The lowest BCUT2D eigenvalue weighted by atomic mass is 10.1. The first kappa shape index (κ1) is 19.4. The Kier molecular flexibility index (Phi) is 6.18. The Labute approximate surface area is 148 Å². The monoisotopic (exact) mass is 368 g/mol. The van der Waals surface area contributed by atoms with Crippen LogP contribution in [0.5, 0.6) is 0 Å². The molecule has 8 heteroatoms. The van der Waals surface area contributed by atoms with Crippen LogP contribution in [0, 0.1) is 6.92 Å². The summed E-state index contributed by atoms with van der Waals surface area (Å²) in [5.41, 5.74) is 0.531. The van der Waals surface area contributed by atoms with E-state index < -0.39 is 22.1 Å². The predicted molar refractivity (Wildman–Crippen MR) is 92.5 cm³/mol. The highest BCUT2D eigenvalue weighted by Gasteiger charge is 2.27. The van der Waals surface area contributed by atoms with Crippen molar-refractivity contribution >= 4 is 21.9 Å². The summed E-state index contributed by atoms with van der Waals surface area (Å²) in [4.78, 5) is 26.3. The van der Waals surface area contributed by atoms with E-state index in [9.17, 15) is 18.0 Å². The molecule has 1 fully saturated rings. The number of aryl methyl sites for hydroxylation is 1. The molecule has 0 unspecified atom stereocenters. The van der Waals surface area contributed by atoms with Crippen molar-refractivity contribution in [2.75, 3.05) is 13.1 Å². The molecule has 0 aromatic heterocycles. The Bertz CT molecular complexity index is 752. The molecule has 0 spiro atoms. The summed E-state index contributed by atoms with van der Waals surface area (Å²) in [6, 6.07) is 4.20. The van der Waals surface area contributed by atoms with Crippen molar-refractivity contribution in [3.05, 3.63) is 29.3 Å². The van der Waals surface area contributed by atoms with Crippen LogP contribution >= 0.6 is 0 Å². The number of amides is 1. The topological polar surface area (TPSA) is 107 Å². The van der Waals surface area contributed by atoms with Crippen molar-refractivity contribution in [3.63, 3.8) is 0 Å². The van der Waals surface area contributed by atoms with Crippen molar-refractivity contribution in [3.8, 4) is 0 Å². The van der Waals surface area contributed by atoms with Crippen molar-refractivity contribution < 1.29 is 22.7 Å². The molecule has 1 aromatic rings. The standard InChI is InChI=1S/C17H24N2O5S/c1-12-7-8-15(25(18,22)23)14(11-12)17(21)24-13(2)16(20)19-9-5-3-4-6-10-19/h7-8,11,13H,3-6,9-10H2,1-2H3,(H2,18,22,23)/t13-/m1/s1. The van der Waals surface area contributed by atoms with Gasteiger partial charge in [0, 0.05) is 13.1 Å². The molecule has 1 amide bonds. The summed E-state index contributed by atoms with van der Waals surface area (Å²) in [5.74, 6) is -1.14. The minimum atomic E-state index is -4.07. The number of likely N-dealkylation sites (tertiary alicyclic amines) is 1. The Hall–Kier alpha value is -1.93. The summed E-state index contributed by atoms with van der Waals surface area (Å²) < 4.78 is 28.6. The number of hydrogen-bond donors (Lipinski definition) is 1. The molecule has 1 heterocycles. The van der Waals surface area contributed by atoms with Gasteiger partial charge in [0.2, 0.25) is 10.0 Å². The van der Waals surface area contributed by atoms with Crippen LogP contribution in [0.1, 0.15) is 48.5 Å². The maximum Gasteiger partial charge on any atom is 0.340 e. The first-order valence-corrected chi connectivity index (χ1v) is 9.88. The lowest BCUT2D eigenvalue weighted by Gasteiger charge is -2.24. The lowest BCUT2D eigenvalue weighted by molar-refractivity contribution is -0.139. The van der Waals surface area contributed by atoms with Gasteiger partial charge in [-0.2, -0.15) is 0 Å². The van der Waals surface area contributed by atoms with E-state index in [0.717, 1.165) is 25.7 Å². The van der Waals surface area contributed by atoms with Crippen molar-refractivity contribution in [1.29, 1.82) is 0 Å². The normalized spacial score (nSPS) is 16.8. The molecule has 25 heavy (non-hydrogen) atoms. The van der Waals surface area contributed by atoms with Crippen LogP contribution in [-0.4, -0.2) is 44.4 Å². The van der Waals surface area contributed by atoms with E-state index in [1.54, 1.807) is 17.9 Å². The number of rotatable bonds is 4. The van der Waals surface area contributed by atoms with Gasteiger partial charge >= 0.3 is 5.97 Å². The Morgan fingerprint density at radius 3 is 2.32 bits per heavy atom. The van der Waals surface area contributed by atoms with E-state index in [2.05, 4.69) is 0 Å². The average molecular weight is 368 g/mol. The zero-order chi connectivity index (χ0) is 18.6. The zero-order valence-electron chi connectivity index (χ0n) is 14.5. The van der Waals surface area contributed by atoms with E-state index >= 15 is 0 Å². The number of hydrogen-bond acceptors (Lipinski definition) is 5. The number of ether oxygens (including phenoxy) is 1. The number of nitrogens with zero attached hydrogens (tertiary/aromatic N) is 1. The summed E-state index contributed by atoms with van der Waals surface area (Å²) in [6.45, 7) is 4.51. The van der Waals surface area contributed by atoms with Crippen LogP contribution in [0.15, 0.2) is 23.1 Å². The number of esters is 1. The van der Waals surface area contributed by atoms with Crippen molar-refractivity contribution in [2.45, 2.75) is 50.5 Å². The van der Waals surface area contributed by atoms with Gasteiger partial charge in [0.05, 0.1) is 10.5 Å². The third-order valence-corrected chi connectivity index (χ3v) is 5.18. The molecule has 1 aliphatic rings. The second-order valence-corrected chi connectivity index (χ2v) is 7.86. The number of nitrogens with two attached hydrogens (primary N) is 1. The maximum atomic E-state index is 12.5. The number of sulfonamides is 1. The highest BCUT2D eigenvalue weighted by Crippen LogP contribution is 2.19. The molecular weight excluding hydrogens is 344 g/mol. The van der Waals surface area contributed by atoms with E-state index in [-0.39, 0.29) is 16.4 Å². The number of carbonyl (C=O) groups excluding carboxylic acids is 2. The first-order valence-electron chi connectivity index (χ1n) is 8.33. The molecule has 2 rings (SSSR count). The number of carbonyl (C=O) groups is 2. The van der Waals surface area contributed by atoms with Crippen molar-refractivity contribution in [1.82, 2.24) is 4.90 Å². The Balaban J connectivity index is 2.16. The van der Waals surface area contributed by atoms with Crippen LogP contribution in [0.25, 0.3) is 0 Å². The molecule has 0 radical (unpaired) electrons. The van der Waals surface area contributed by atoms with E-state index in [1.165, 1.54) is 19.1 Å². The van der Waals surface area contributed by atoms with Crippen LogP contribution in [0.4, 0.5) is 0 Å². The molecule has 1 aliphatic heterocycles. The smallest absolute Gasteiger partial charge is 0.340 e. The minimum absolute atomic E-state index is 0.155. The molecule has 0 aliphatic carbocycles. The van der Waals surface area contributed by atoms with Gasteiger partial charge < -0.3 is 9.64 Å². The summed E-state index contributed by atoms with van der Waals surface area (Å²) in [7, 11) is -4.07. The fourth-order valence-electron chi connectivity index (χ4n) is 2.87. The van der Waals surface area contributed by atoms with Crippen LogP contribution in [0.3, 0.4) is 0 Å². The quantitative estimate of drug-likeness (QED) is 0.812. The fourth-order valence-corrected chi connectivity index (χ4v) is 3.58. The average Bonchev–Trinajstić information content (AvgIpc) is 2.81.